The summed E-state index contributed by atoms with van der Waals surface area (Å²) >= 11 is 0. The second-order valence-electron chi connectivity index (χ2n) is 4.67. The molecule has 0 N–H and O–H groups in total. The van der Waals surface area contributed by atoms with Crippen LogP contribution in [0.4, 0.5) is 0 Å². The standard InChI is InChI=1S/C14H28O6Si/c1-7-8-10-19-13(20-14(15)12(2)3)9-11-21(16-4,17-5)18-6/h13H,2,7-11H2,1,3-6H3. The number of ether oxygens (including phenoxy) is 2. The molecule has 0 saturated carbocycles. The Balaban J connectivity index is 4.57. The zero-order valence-corrected chi connectivity index (χ0v) is 14.8. The highest BCUT2D eigenvalue weighted by atomic mass is 28.4. The van der Waals surface area contributed by atoms with E-state index in [9.17, 15) is 4.79 Å². The fourth-order valence-corrected chi connectivity index (χ4v) is 3.31. The van der Waals surface area contributed by atoms with Crippen molar-refractivity contribution >= 4 is 14.8 Å². The summed E-state index contributed by atoms with van der Waals surface area (Å²) in [5, 5.41) is 0. The van der Waals surface area contributed by atoms with E-state index in [1.54, 1.807) is 28.3 Å². The molecule has 0 aliphatic carbocycles. The molecule has 0 aliphatic rings. The van der Waals surface area contributed by atoms with Crippen LogP contribution < -0.4 is 0 Å². The van der Waals surface area contributed by atoms with Gasteiger partial charge in [0.15, 0.2) is 0 Å². The fraction of sp³-hybridized carbons (Fsp3) is 0.786. The smallest absolute Gasteiger partial charge is 0.432 e. The first kappa shape index (κ1) is 20.3. The van der Waals surface area contributed by atoms with Crippen LogP contribution in [0.25, 0.3) is 0 Å². The first-order chi connectivity index (χ1) is 9.94. The molecule has 0 spiro atoms. The minimum absolute atomic E-state index is 0.341. The second-order valence-corrected chi connectivity index (χ2v) is 7.76. The quantitative estimate of drug-likeness (QED) is 0.181. The van der Waals surface area contributed by atoms with Crippen molar-refractivity contribution in [1.82, 2.24) is 0 Å². The molecule has 0 aromatic heterocycles. The number of hydrogen-bond donors (Lipinski definition) is 0. The third-order valence-electron chi connectivity index (χ3n) is 3.01. The number of unbranched alkanes of at least 4 members (excludes halogenated alkanes) is 1. The second kappa shape index (κ2) is 10.9. The van der Waals surface area contributed by atoms with Gasteiger partial charge in [-0.2, -0.15) is 0 Å². The third kappa shape index (κ3) is 7.73. The Labute approximate surface area is 128 Å². The maximum Gasteiger partial charge on any atom is 0.500 e. The Morgan fingerprint density at radius 2 is 1.76 bits per heavy atom. The molecule has 0 aromatic carbocycles. The van der Waals surface area contributed by atoms with E-state index >= 15 is 0 Å². The zero-order chi connectivity index (χ0) is 16.3. The molecular formula is C14H28O6Si. The normalized spacial score (nSPS) is 13.0. The number of rotatable bonds is 12. The minimum Gasteiger partial charge on any atom is -0.432 e. The lowest BCUT2D eigenvalue weighted by atomic mass is 10.3. The molecule has 0 fully saturated rings. The lowest BCUT2D eigenvalue weighted by Gasteiger charge is -2.26. The van der Waals surface area contributed by atoms with E-state index in [0.717, 1.165) is 12.8 Å². The van der Waals surface area contributed by atoms with Gasteiger partial charge in [0.05, 0.1) is 6.61 Å². The van der Waals surface area contributed by atoms with Crippen molar-refractivity contribution in [3.63, 3.8) is 0 Å². The van der Waals surface area contributed by atoms with Crippen molar-refractivity contribution in [3.05, 3.63) is 12.2 Å². The number of carbonyl (C=O) groups excluding carboxylic acids is 1. The highest BCUT2D eigenvalue weighted by molar-refractivity contribution is 6.60. The predicted molar refractivity (Wildman–Crippen MR) is 81.8 cm³/mol. The molecule has 0 heterocycles. The van der Waals surface area contributed by atoms with Crippen molar-refractivity contribution < 1.29 is 27.5 Å². The van der Waals surface area contributed by atoms with Crippen LogP contribution in [0.3, 0.4) is 0 Å². The largest absolute Gasteiger partial charge is 0.500 e. The summed E-state index contributed by atoms with van der Waals surface area (Å²) in [6.07, 6.45) is 1.72. The number of carbonyl (C=O) groups is 1. The summed E-state index contributed by atoms with van der Waals surface area (Å²) in [5.74, 6) is -0.462. The fourth-order valence-electron chi connectivity index (χ4n) is 1.61. The van der Waals surface area contributed by atoms with Gasteiger partial charge in [0.25, 0.3) is 0 Å². The summed E-state index contributed by atoms with van der Waals surface area (Å²) < 4.78 is 26.9. The summed E-state index contributed by atoms with van der Waals surface area (Å²) in [6.45, 7) is 7.77. The summed E-state index contributed by atoms with van der Waals surface area (Å²) in [4.78, 5) is 11.6. The first-order valence-electron chi connectivity index (χ1n) is 7.08. The Hall–Kier alpha value is -0.733. The molecule has 0 rings (SSSR count). The van der Waals surface area contributed by atoms with Gasteiger partial charge in [-0.25, -0.2) is 4.79 Å². The molecule has 1 atom stereocenters. The van der Waals surface area contributed by atoms with Crippen molar-refractivity contribution in [2.75, 3.05) is 27.9 Å². The van der Waals surface area contributed by atoms with E-state index in [1.165, 1.54) is 0 Å². The van der Waals surface area contributed by atoms with Crippen molar-refractivity contribution in [3.8, 4) is 0 Å². The summed E-state index contributed by atoms with van der Waals surface area (Å²) in [6, 6.07) is 0.497. The average molecular weight is 320 g/mol. The molecule has 124 valence electrons. The Morgan fingerprint density at radius 1 is 1.19 bits per heavy atom. The Bertz CT molecular complexity index is 308. The van der Waals surface area contributed by atoms with Crippen LogP contribution in [0.15, 0.2) is 12.2 Å². The van der Waals surface area contributed by atoms with Crippen LogP contribution in [0.5, 0.6) is 0 Å². The molecule has 21 heavy (non-hydrogen) atoms. The summed E-state index contributed by atoms with van der Waals surface area (Å²) in [5.41, 5.74) is 0.341. The molecule has 0 bridgehead atoms. The first-order valence-corrected chi connectivity index (χ1v) is 9.01. The molecule has 0 aromatic rings. The molecule has 0 saturated heterocycles. The van der Waals surface area contributed by atoms with Crippen LogP contribution >= 0.6 is 0 Å². The van der Waals surface area contributed by atoms with Crippen molar-refractivity contribution in [1.29, 1.82) is 0 Å². The van der Waals surface area contributed by atoms with Crippen LogP contribution in [0.1, 0.15) is 33.1 Å². The van der Waals surface area contributed by atoms with Gasteiger partial charge >= 0.3 is 14.8 Å². The molecule has 0 radical (unpaired) electrons. The Morgan fingerprint density at radius 3 is 2.19 bits per heavy atom. The van der Waals surface area contributed by atoms with E-state index in [2.05, 4.69) is 13.5 Å². The zero-order valence-electron chi connectivity index (χ0n) is 13.8. The topological polar surface area (TPSA) is 63.2 Å². The van der Waals surface area contributed by atoms with Gasteiger partial charge < -0.3 is 22.8 Å². The van der Waals surface area contributed by atoms with E-state index in [1.807, 2.05) is 0 Å². The van der Waals surface area contributed by atoms with Gasteiger partial charge in [0.2, 0.25) is 6.29 Å². The van der Waals surface area contributed by atoms with Gasteiger partial charge in [0.1, 0.15) is 0 Å². The lowest BCUT2D eigenvalue weighted by molar-refractivity contribution is -0.175. The van der Waals surface area contributed by atoms with E-state index in [4.69, 9.17) is 22.8 Å². The van der Waals surface area contributed by atoms with Crippen LogP contribution in [0.2, 0.25) is 6.04 Å². The van der Waals surface area contributed by atoms with Gasteiger partial charge in [-0.15, -0.1) is 0 Å². The molecule has 6 nitrogen and oxygen atoms in total. The van der Waals surface area contributed by atoms with Crippen molar-refractivity contribution in [2.45, 2.75) is 45.4 Å². The molecule has 0 aliphatic heterocycles. The van der Waals surface area contributed by atoms with Crippen molar-refractivity contribution in [2.24, 2.45) is 0 Å². The van der Waals surface area contributed by atoms with Gasteiger partial charge in [-0.1, -0.05) is 19.9 Å². The molecular weight excluding hydrogens is 292 g/mol. The maximum absolute atomic E-state index is 11.6. The van der Waals surface area contributed by atoms with Gasteiger partial charge in [-0.3, -0.25) is 0 Å². The van der Waals surface area contributed by atoms with Gasteiger partial charge in [-0.05, 0) is 13.3 Å². The van der Waals surface area contributed by atoms with Crippen LogP contribution in [0, 0.1) is 0 Å². The number of esters is 1. The predicted octanol–water partition coefficient (Wildman–Crippen LogP) is 2.52. The molecule has 0 amide bonds. The van der Waals surface area contributed by atoms with E-state index in [-0.39, 0.29) is 0 Å². The highest BCUT2D eigenvalue weighted by Gasteiger charge is 2.38. The van der Waals surface area contributed by atoms with Gasteiger partial charge in [0, 0.05) is 39.4 Å². The molecule has 7 heteroatoms. The maximum atomic E-state index is 11.6. The van der Waals surface area contributed by atoms with Crippen LogP contribution in [-0.4, -0.2) is 49.0 Å². The monoisotopic (exact) mass is 320 g/mol. The minimum atomic E-state index is -2.70. The van der Waals surface area contributed by atoms with Crippen LogP contribution in [-0.2, 0) is 27.5 Å². The third-order valence-corrected chi connectivity index (χ3v) is 5.77. The van der Waals surface area contributed by atoms with E-state index < -0.39 is 21.1 Å². The Kier molecular flexibility index (Phi) is 10.5. The summed E-state index contributed by atoms with van der Waals surface area (Å²) in [7, 11) is 1.94. The SMILES string of the molecule is C=C(C)C(=O)OC(CC[Si](OC)(OC)OC)OCCCC. The lowest BCUT2D eigenvalue weighted by Crippen LogP contribution is -2.43. The van der Waals surface area contributed by atoms with E-state index in [0.29, 0.717) is 24.6 Å². The number of hydrogen-bond acceptors (Lipinski definition) is 6. The molecule has 1 unspecified atom stereocenters. The average Bonchev–Trinajstić information content (AvgIpc) is 2.48. The highest BCUT2D eigenvalue weighted by Crippen LogP contribution is 2.19.